The van der Waals surface area contributed by atoms with Gasteiger partial charge in [-0.25, -0.2) is 4.90 Å². The number of hydrogen-bond acceptors (Lipinski definition) is 2. The van der Waals surface area contributed by atoms with Gasteiger partial charge in [-0.3, -0.25) is 9.59 Å². The van der Waals surface area contributed by atoms with Crippen molar-refractivity contribution >= 4 is 45.0 Å². The van der Waals surface area contributed by atoms with E-state index >= 15 is 0 Å². The minimum Gasteiger partial charge on any atom is -0.274 e. The first-order valence-electron chi connectivity index (χ1n) is 5.99. The monoisotopic (exact) mass is 349 g/mol. The molecule has 100 valence electrons. The molecule has 3 rings (SSSR count). The highest BCUT2D eigenvalue weighted by Crippen LogP contribution is 2.35. The molecule has 0 saturated heterocycles. The van der Waals surface area contributed by atoms with Gasteiger partial charge in [-0.1, -0.05) is 35.9 Å². The highest BCUT2D eigenvalue weighted by molar-refractivity contribution is 9.10. The number of carbonyl (C=O) groups excluding carboxylic acids is 2. The van der Waals surface area contributed by atoms with E-state index in [4.69, 9.17) is 11.6 Å². The summed E-state index contributed by atoms with van der Waals surface area (Å²) in [5.74, 6) is -0.573. The van der Waals surface area contributed by atoms with Crippen LogP contribution in [0.3, 0.4) is 0 Å². The molecule has 2 aromatic carbocycles. The van der Waals surface area contributed by atoms with E-state index in [1.54, 1.807) is 36.4 Å². The van der Waals surface area contributed by atoms with Crippen molar-refractivity contribution in [1.29, 1.82) is 0 Å². The van der Waals surface area contributed by atoms with E-state index in [2.05, 4.69) is 15.9 Å². The number of amides is 2. The van der Waals surface area contributed by atoms with Crippen molar-refractivity contribution in [2.45, 2.75) is 6.42 Å². The third-order valence-electron chi connectivity index (χ3n) is 3.21. The predicted molar refractivity (Wildman–Crippen MR) is 81.1 cm³/mol. The molecule has 5 heteroatoms. The first-order chi connectivity index (χ1) is 9.59. The Bertz CT molecular complexity index is 730. The van der Waals surface area contributed by atoms with Crippen molar-refractivity contribution in [3.05, 3.63) is 63.1 Å². The van der Waals surface area contributed by atoms with Crippen LogP contribution in [0.1, 0.15) is 15.9 Å². The third kappa shape index (κ3) is 2.05. The second-order valence-electron chi connectivity index (χ2n) is 4.44. The van der Waals surface area contributed by atoms with Crippen molar-refractivity contribution in [1.82, 2.24) is 0 Å². The first kappa shape index (κ1) is 13.3. The van der Waals surface area contributed by atoms with Gasteiger partial charge >= 0.3 is 0 Å². The second-order valence-corrected chi connectivity index (χ2v) is 5.64. The number of benzene rings is 2. The van der Waals surface area contributed by atoms with Gasteiger partial charge in [-0.15, -0.1) is 0 Å². The lowest BCUT2D eigenvalue weighted by Crippen LogP contribution is -2.42. The highest BCUT2D eigenvalue weighted by Gasteiger charge is 2.33. The second kappa shape index (κ2) is 5.04. The molecule has 0 radical (unpaired) electrons. The van der Waals surface area contributed by atoms with E-state index in [-0.39, 0.29) is 18.2 Å². The van der Waals surface area contributed by atoms with E-state index in [1.165, 1.54) is 4.90 Å². The van der Waals surface area contributed by atoms with Crippen molar-refractivity contribution in [3.63, 3.8) is 0 Å². The van der Waals surface area contributed by atoms with Crippen LogP contribution in [0.5, 0.6) is 0 Å². The molecule has 0 N–H and O–H groups in total. The standard InChI is InChI=1S/C15H9BrClNO2/c16-14-11(17)6-3-7-12(14)18-13(19)8-9-4-1-2-5-10(9)15(18)20/h1-7H,8H2. The van der Waals surface area contributed by atoms with Gasteiger partial charge in [0.05, 0.1) is 21.6 Å². The van der Waals surface area contributed by atoms with Crippen LogP contribution in [-0.2, 0) is 11.2 Å². The molecule has 0 aromatic heterocycles. The zero-order chi connectivity index (χ0) is 14.3. The molecule has 20 heavy (non-hydrogen) atoms. The molecular formula is C15H9BrClNO2. The maximum atomic E-state index is 12.5. The lowest BCUT2D eigenvalue weighted by Gasteiger charge is -2.27. The summed E-state index contributed by atoms with van der Waals surface area (Å²) in [5.41, 5.74) is 1.79. The lowest BCUT2D eigenvalue weighted by atomic mass is 9.98. The van der Waals surface area contributed by atoms with Crippen molar-refractivity contribution < 1.29 is 9.59 Å². The smallest absolute Gasteiger partial charge is 0.265 e. The normalized spacial score (nSPS) is 14.4. The Morgan fingerprint density at radius 2 is 1.80 bits per heavy atom. The molecule has 1 heterocycles. The zero-order valence-corrected chi connectivity index (χ0v) is 12.6. The topological polar surface area (TPSA) is 37.4 Å². The highest BCUT2D eigenvalue weighted by atomic mass is 79.9. The molecule has 0 unspecified atom stereocenters. The van der Waals surface area contributed by atoms with Crippen LogP contribution in [0.25, 0.3) is 0 Å². The van der Waals surface area contributed by atoms with Crippen molar-refractivity contribution in [3.8, 4) is 0 Å². The fourth-order valence-electron chi connectivity index (χ4n) is 2.27. The molecule has 0 saturated carbocycles. The molecule has 1 aliphatic rings. The summed E-state index contributed by atoms with van der Waals surface area (Å²) in [5, 5.41) is 0.460. The molecule has 1 aliphatic heterocycles. The Hall–Kier alpha value is -1.65. The summed E-state index contributed by atoms with van der Waals surface area (Å²) < 4.78 is 0.544. The molecule has 2 aromatic rings. The number of carbonyl (C=O) groups is 2. The summed E-state index contributed by atoms with van der Waals surface area (Å²) in [6.07, 6.45) is 0.209. The van der Waals surface area contributed by atoms with Gasteiger partial charge in [0.1, 0.15) is 0 Å². The average Bonchev–Trinajstić information content (AvgIpc) is 2.43. The van der Waals surface area contributed by atoms with Crippen LogP contribution < -0.4 is 4.90 Å². The van der Waals surface area contributed by atoms with Gasteiger partial charge in [-0.05, 0) is 39.7 Å². The summed E-state index contributed by atoms with van der Waals surface area (Å²) in [4.78, 5) is 26.0. The van der Waals surface area contributed by atoms with Crippen molar-refractivity contribution in [2.75, 3.05) is 4.90 Å². The van der Waals surface area contributed by atoms with Crippen molar-refractivity contribution in [2.24, 2.45) is 0 Å². The van der Waals surface area contributed by atoms with E-state index in [9.17, 15) is 9.59 Å². The van der Waals surface area contributed by atoms with Gasteiger partial charge in [-0.2, -0.15) is 0 Å². The molecule has 0 atom stereocenters. The number of fused-ring (bicyclic) bond motifs is 1. The Kier molecular flexibility index (Phi) is 3.36. The molecule has 3 nitrogen and oxygen atoms in total. The van der Waals surface area contributed by atoms with Gasteiger partial charge in [0, 0.05) is 5.56 Å². The maximum Gasteiger partial charge on any atom is 0.265 e. The number of imide groups is 1. The first-order valence-corrected chi connectivity index (χ1v) is 7.16. The summed E-state index contributed by atoms with van der Waals surface area (Å²) in [7, 11) is 0. The van der Waals surface area contributed by atoms with Gasteiger partial charge < -0.3 is 0 Å². The zero-order valence-electron chi connectivity index (χ0n) is 10.3. The third-order valence-corrected chi connectivity index (χ3v) is 4.59. The van der Waals surface area contributed by atoms with E-state index in [1.807, 2.05) is 6.07 Å². The molecule has 0 bridgehead atoms. The van der Waals surface area contributed by atoms with E-state index in [0.29, 0.717) is 20.7 Å². The van der Waals surface area contributed by atoms with E-state index < -0.39 is 0 Å². The summed E-state index contributed by atoms with van der Waals surface area (Å²) in [6, 6.07) is 12.2. The van der Waals surface area contributed by atoms with Crippen LogP contribution in [0.2, 0.25) is 5.02 Å². The van der Waals surface area contributed by atoms with E-state index in [0.717, 1.165) is 5.56 Å². The largest absolute Gasteiger partial charge is 0.274 e. The maximum absolute atomic E-state index is 12.5. The van der Waals surface area contributed by atoms with Gasteiger partial charge in [0.2, 0.25) is 5.91 Å². The number of nitrogens with zero attached hydrogens (tertiary/aromatic N) is 1. The Morgan fingerprint density at radius 1 is 1.05 bits per heavy atom. The summed E-state index contributed by atoms with van der Waals surface area (Å²) >= 11 is 9.37. The van der Waals surface area contributed by atoms with Crippen LogP contribution in [0.15, 0.2) is 46.9 Å². The Morgan fingerprint density at radius 3 is 2.60 bits per heavy atom. The van der Waals surface area contributed by atoms with Crippen LogP contribution in [-0.4, -0.2) is 11.8 Å². The molecule has 0 fully saturated rings. The Balaban J connectivity index is 2.14. The van der Waals surface area contributed by atoms with Crippen LogP contribution >= 0.6 is 27.5 Å². The molecule has 0 aliphatic carbocycles. The lowest BCUT2D eigenvalue weighted by molar-refractivity contribution is -0.117. The van der Waals surface area contributed by atoms with Gasteiger partial charge in [0.15, 0.2) is 0 Å². The fourth-order valence-corrected chi connectivity index (χ4v) is 2.88. The molecule has 2 amide bonds. The molecular weight excluding hydrogens is 342 g/mol. The fraction of sp³-hybridized carbons (Fsp3) is 0.0667. The quantitative estimate of drug-likeness (QED) is 0.733. The van der Waals surface area contributed by atoms with Gasteiger partial charge in [0.25, 0.3) is 5.91 Å². The number of anilines is 1. The average molecular weight is 351 g/mol. The number of halogens is 2. The minimum atomic E-state index is -0.320. The number of rotatable bonds is 1. The van der Waals surface area contributed by atoms with Crippen LogP contribution in [0, 0.1) is 0 Å². The molecule has 0 spiro atoms. The minimum absolute atomic E-state index is 0.209. The van der Waals surface area contributed by atoms with Crippen LogP contribution in [0.4, 0.5) is 5.69 Å². The number of hydrogen-bond donors (Lipinski definition) is 0. The Labute approximate surface area is 129 Å². The SMILES string of the molecule is O=C1Cc2ccccc2C(=O)N1c1cccc(Cl)c1Br. The summed E-state index contributed by atoms with van der Waals surface area (Å²) in [6.45, 7) is 0. The predicted octanol–water partition coefficient (Wildman–Crippen LogP) is 3.83.